The Balaban J connectivity index is 1.91. The van der Waals surface area contributed by atoms with Gasteiger partial charge in [0.05, 0.1) is 6.61 Å². The van der Waals surface area contributed by atoms with Crippen molar-refractivity contribution >= 4 is 33.9 Å². The molecule has 0 aliphatic carbocycles. The SMILES string of the molecule is COCCNc1nnc(Sc2nn3c(C(F)(F)F)nnc3c(C)c2C)s1. The van der Waals surface area contributed by atoms with Crippen LogP contribution < -0.4 is 5.32 Å². The van der Waals surface area contributed by atoms with Crippen molar-refractivity contribution < 1.29 is 17.9 Å². The number of fused-ring (bicyclic) bond motifs is 1. The van der Waals surface area contributed by atoms with Crippen molar-refractivity contribution in [2.45, 2.75) is 29.4 Å². The molecular formula is C13H14F3N7OS2. The van der Waals surface area contributed by atoms with Crippen LogP contribution in [0.4, 0.5) is 18.3 Å². The normalized spacial score (nSPS) is 12.1. The fourth-order valence-electron chi connectivity index (χ4n) is 2.04. The van der Waals surface area contributed by atoms with Crippen molar-refractivity contribution in [2.75, 3.05) is 25.6 Å². The summed E-state index contributed by atoms with van der Waals surface area (Å²) >= 11 is 2.43. The van der Waals surface area contributed by atoms with Gasteiger partial charge in [0.1, 0.15) is 5.03 Å². The lowest BCUT2D eigenvalue weighted by Crippen LogP contribution is -2.13. The largest absolute Gasteiger partial charge is 0.453 e. The van der Waals surface area contributed by atoms with E-state index in [1.807, 2.05) is 0 Å². The van der Waals surface area contributed by atoms with E-state index in [1.165, 1.54) is 11.3 Å². The Bertz CT molecular complexity index is 924. The van der Waals surface area contributed by atoms with E-state index in [2.05, 4.69) is 30.8 Å². The smallest absolute Gasteiger partial charge is 0.383 e. The summed E-state index contributed by atoms with van der Waals surface area (Å²) < 4.78 is 45.5. The number of aryl methyl sites for hydroxylation is 1. The van der Waals surface area contributed by atoms with Gasteiger partial charge >= 0.3 is 6.18 Å². The second-order valence-corrected chi connectivity index (χ2v) is 7.42. The van der Waals surface area contributed by atoms with Crippen molar-refractivity contribution in [3.8, 4) is 0 Å². The highest BCUT2D eigenvalue weighted by molar-refractivity contribution is 8.01. The predicted molar refractivity (Wildman–Crippen MR) is 89.7 cm³/mol. The second kappa shape index (κ2) is 7.32. The highest BCUT2D eigenvalue weighted by Crippen LogP contribution is 2.35. The van der Waals surface area contributed by atoms with Crippen molar-refractivity contribution in [1.29, 1.82) is 0 Å². The van der Waals surface area contributed by atoms with Gasteiger partial charge in [-0.15, -0.1) is 20.4 Å². The van der Waals surface area contributed by atoms with E-state index >= 15 is 0 Å². The lowest BCUT2D eigenvalue weighted by Gasteiger charge is -2.09. The minimum absolute atomic E-state index is 0.0818. The van der Waals surface area contributed by atoms with Crippen LogP contribution in [-0.4, -0.2) is 50.3 Å². The molecule has 1 N–H and O–H groups in total. The van der Waals surface area contributed by atoms with Crippen LogP contribution in [0.2, 0.25) is 0 Å². The standard InChI is InChI=1S/C13H14F3N7OS2/c1-6-7(2)9(22-23-8(6)18-19-10(23)13(14,15)16)25-12-21-20-11(26-12)17-4-5-24-3/h4-5H2,1-3H3,(H,17,20). The molecule has 3 rings (SSSR count). The van der Waals surface area contributed by atoms with Crippen LogP contribution in [0.3, 0.4) is 0 Å². The van der Waals surface area contributed by atoms with Crippen molar-refractivity contribution in [3.05, 3.63) is 17.0 Å². The van der Waals surface area contributed by atoms with E-state index in [0.717, 1.165) is 16.3 Å². The Labute approximate surface area is 154 Å². The van der Waals surface area contributed by atoms with Gasteiger partial charge in [0.25, 0.3) is 5.82 Å². The first-order valence-electron chi connectivity index (χ1n) is 7.35. The monoisotopic (exact) mass is 405 g/mol. The molecule has 0 aliphatic heterocycles. The number of nitrogens with one attached hydrogen (secondary N) is 1. The number of ether oxygens (including phenoxy) is 1. The molecule has 0 saturated carbocycles. The summed E-state index contributed by atoms with van der Waals surface area (Å²) in [7, 11) is 1.59. The van der Waals surface area contributed by atoms with Crippen molar-refractivity contribution in [3.63, 3.8) is 0 Å². The molecule has 8 nitrogen and oxygen atoms in total. The summed E-state index contributed by atoms with van der Waals surface area (Å²) in [5, 5.41) is 23.0. The van der Waals surface area contributed by atoms with Gasteiger partial charge in [-0.05, 0) is 31.2 Å². The zero-order chi connectivity index (χ0) is 18.9. The Hall–Kier alpha value is -1.99. The number of methoxy groups -OCH3 is 1. The molecule has 0 aliphatic rings. The first-order chi connectivity index (χ1) is 12.3. The van der Waals surface area contributed by atoms with E-state index in [1.54, 1.807) is 21.0 Å². The van der Waals surface area contributed by atoms with Gasteiger partial charge < -0.3 is 10.1 Å². The van der Waals surface area contributed by atoms with E-state index < -0.39 is 12.0 Å². The maximum absolute atomic E-state index is 13.1. The molecule has 26 heavy (non-hydrogen) atoms. The Morgan fingerprint density at radius 3 is 2.62 bits per heavy atom. The first kappa shape index (κ1) is 18.8. The third kappa shape index (κ3) is 3.73. The maximum Gasteiger partial charge on any atom is 0.453 e. The molecular weight excluding hydrogens is 391 g/mol. The number of hydrogen-bond donors (Lipinski definition) is 1. The zero-order valence-corrected chi connectivity index (χ0v) is 15.6. The van der Waals surface area contributed by atoms with Crippen LogP contribution in [0.5, 0.6) is 0 Å². The number of nitrogens with zero attached hydrogens (tertiary/aromatic N) is 6. The highest BCUT2D eigenvalue weighted by atomic mass is 32.2. The number of hydrogen-bond acceptors (Lipinski definition) is 9. The number of anilines is 1. The molecule has 3 heterocycles. The molecule has 0 spiro atoms. The fourth-order valence-corrected chi connectivity index (χ4v) is 3.86. The quantitative estimate of drug-likeness (QED) is 0.626. The summed E-state index contributed by atoms with van der Waals surface area (Å²) in [5.74, 6) is -1.16. The number of halogens is 3. The summed E-state index contributed by atoms with van der Waals surface area (Å²) in [4.78, 5) is 0. The van der Waals surface area contributed by atoms with Gasteiger partial charge in [-0.2, -0.15) is 22.8 Å². The Morgan fingerprint density at radius 2 is 1.92 bits per heavy atom. The molecule has 0 radical (unpaired) electrons. The van der Waals surface area contributed by atoms with Gasteiger partial charge in [-0.25, -0.2) is 0 Å². The first-order valence-corrected chi connectivity index (χ1v) is 8.98. The molecule has 0 amide bonds. The van der Waals surface area contributed by atoms with Crippen LogP contribution >= 0.6 is 23.1 Å². The summed E-state index contributed by atoms with van der Waals surface area (Å²) in [6.45, 7) is 4.55. The molecule has 140 valence electrons. The number of aromatic nitrogens is 6. The van der Waals surface area contributed by atoms with Crippen molar-refractivity contribution in [1.82, 2.24) is 30.0 Å². The lowest BCUT2D eigenvalue weighted by atomic mass is 10.2. The Kier molecular flexibility index (Phi) is 5.29. The average molecular weight is 405 g/mol. The van der Waals surface area contributed by atoms with E-state index in [9.17, 15) is 13.2 Å². The van der Waals surface area contributed by atoms with E-state index in [4.69, 9.17) is 4.74 Å². The molecule has 13 heteroatoms. The highest BCUT2D eigenvalue weighted by Gasteiger charge is 2.38. The number of rotatable bonds is 6. The van der Waals surface area contributed by atoms with E-state index in [0.29, 0.717) is 38.8 Å². The van der Waals surface area contributed by atoms with Gasteiger partial charge in [-0.1, -0.05) is 11.3 Å². The third-order valence-electron chi connectivity index (χ3n) is 3.48. The molecule has 3 aromatic rings. The molecule has 0 saturated heterocycles. The molecule has 3 aromatic heterocycles. The van der Waals surface area contributed by atoms with Crippen LogP contribution in [0.1, 0.15) is 17.0 Å². The summed E-state index contributed by atoms with van der Waals surface area (Å²) in [5.41, 5.74) is 1.37. The number of alkyl halides is 3. The summed E-state index contributed by atoms with van der Waals surface area (Å²) in [6.07, 6.45) is -4.64. The topological polar surface area (TPSA) is 90.1 Å². The summed E-state index contributed by atoms with van der Waals surface area (Å²) in [6, 6.07) is 0. The predicted octanol–water partition coefficient (Wildman–Crippen LogP) is 2.82. The van der Waals surface area contributed by atoms with Crippen LogP contribution in [0.15, 0.2) is 9.37 Å². The van der Waals surface area contributed by atoms with Crippen LogP contribution in [0.25, 0.3) is 5.65 Å². The zero-order valence-electron chi connectivity index (χ0n) is 14.0. The molecule has 0 unspecified atom stereocenters. The van der Waals surface area contributed by atoms with Crippen molar-refractivity contribution in [2.24, 2.45) is 0 Å². The van der Waals surface area contributed by atoms with Crippen LogP contribution in [-0.2, 0) is 10.9 Å². The molecule has 0 aromatic carbocycles. The molecule has 0 bridgehead atoms. The third-order valence-corrected chi connectivity index (χ3v) is 5.49. The van der Waals surface area contributed by atoms with Gasteiger partial charge in [0.2, 0.25) is 5.13 Å². The van der Waals surface area contributed by atoms with Gasteiger partial charge in [-0.3, -0.25) is 0 Å². The van der Waals surface area contributed by atoms with Crippen LogP contribution in [0, 0.1) is 13.8 Å². The average Bonchev–Trinajstić information content (AvgIpc) is 3.19. The lowest BCUT2D eigenvalue weighted by molar-refractivity contribution is -0.146. The minimum Gasteiger partial charge on any atom is -0.383 e. The second-order valence-electron chi connectivity index (χ2n) is 5.21. The maximum atomic E-state index is 13.1. The fraction of sp³-hybridized carbons (Fsp3) is 0.462. The molecule has 0 atom stereocenters. The van der Waals surface area contributed by atoms with E-state index in [-0.39, 0.29) is 5.65 Å². The molecule has 0 fully saturated rings. The van der Waals surface area contributed by atoms with Gasteiger partial charge in [0.15, 0.2) is 9.99 Å². The van der Waals surface area contributed by atoms with Gasteiger partial charge in [0, 0.05) is 19.2 Å². The Morgan fingerprint density at radius 1 is 1.15 bits per heavy atom. The minimum atomic E-state index is -4.64.